The number of H-pyrrole nitrogens is 1. The number of hydrogen-bond acceptors (Lipinski definition) is 4. The minimum Gasteiger partial charge on any atom is -0.477 e. The number of esters is 1. The molecule has 1 aromatic carbocycles. The fourth-order valence-corrected chi connectivity index (χ4v) is 1.70. The molecule has 0 spiro atoms. The monoisotopic (exact) mass is 286 g/mol. The molecule has 108 valence electrons. The Bertz CT molecular complexity index is 671. The number of ether oxygens (including phenoxy) is 1. The number of hydrogen-bond donors (Lipinski definition) is 2. The van der Waals surface area contributed by atoms with Crippen LogP contribution in [0.4, 0.5) is 0 Å². The van der Waals surface area contributed by atoms with E-state index in [0.29, 0.717) is 12.3 Å². The van der Waals surface area contributed by atoms with E-state index in [4.69, 9.17) is 9.84 Å². The van der Waals surface area contributed by atoms with Crippen LogP contribution in [0.3, 0.4) is 0 Å². The Hall–Kier alpha value is -2.89. The molecule has 1 heterocycles. The average Bonchev–Trinajstić information content (AvgIpc) is 2.96. The lowest BCUT2D eigenvalue weighted by Gasteiger charge is -1.98. The maximum absolute atomic E-state index is 11.2. The van der Waals surface area contributed by atoms with Crippen LogP contribution < -0.4 is 0 Å². The Balaban J connectivity index is 2.11. The highest BCUT2D eigenvalue weighted by molar-refractivity contribution is 5.88. The number of carboxylic acid groups (broad SMARTS) is 1. The second-order valence-electron chi connectivity index (χ2n) is 4.18. The summed E-state index contributed by atoms with van der Waals surface area (Å²) in [5, 5.41) is 15.2. The molecule has 0 unspecified atom stereocenters. The van der Waals surface area contributed by atoms with Crippen molar-refractivity contribution in [2.45, 2.75) is 6.92 Å². The van der Waals surface area contributed by atoms with Crippen LogP contribution in [-0.2, 0) is 9.53 Å². The molecule has 0 bridgehead atoms. The number of aromatic carboxylic acids is 1. The molecule has 6 heteroatoms. The molecule has 0 aliphatic carbocycles. The number of nitrogens with zero attached hydrogens (tertiary/aromatic N) is 1. The van der Waals surface area contributed by atoms with Gasteiger partial charge in [0.15, 0.2) is 0 Å². The van der Waals surface area contributed by atoms with Gasteiger partial charge in [0.25, 0.3) is 0 Å². The SMILES string of the molecule is CCOC(=O)C=Cc1ccc(-c2cc(C(=O)O)[nH]n2)cc1. The predicted molar refractivity (Wildman–Crippen MR) is 76.7 cm³/mol. The maximum atomic E-state index is 11.2. The zero-order valence-electron chi connectivity index (χ0n) is 11.4. The van der Waals surface area contributed by atoms with Crippen molar-refractivity contribution in [3.8, 4) is 11.3 Å². The third kappa shape index (κ3) is 3.79. The van der Waals surface area contributed by atoms with Crippen LogP contribution in [0.15, 0.2) is 36.4 Å². The quantitative estimate of drug-likeness (QED) is 0.650. The van der Waals surface area contributed by atoms with Crippen molar-refractivity contribution in [1.29, 1.82) is 0 Å². The van der Waals surface area contributed by atoms with Crippen LogP contribution in [0.1, 0.15) is 23.0 Å². The van der Waals surface area contributed by atoms with Gasteiger partial charge < -0.3 is 9.84 Å². The van der Waals surface area contributed by atoms with Crippen molar-refractivity contribution >= 4 is 18.0 Å². The summed E-state index contributed by atoms with van der Waals surface area (Å²) in [7, 11) is 0. The van der Waals surface area contributed by atoms with Crippen molar-refractivity contribution in [3.05, 3.63) is 47.7 Å². The van der Waals surface area contributed by atoms with Gasteiger partial charge in [-0.3, -0.25) is 5.10 Å². The van der Waals surface area contributed by atoms with Gasteiger partial charge in [-0.1, -0.05) is 24.3 Å². The second kappa shape index (κ2) is 6.51. The van der Waals surface area contributed by atoms with Crippen LogP contribution in [0.25, 0.3) is 17.3 Å². The van der Waals surface area contributed by atoms with Gasteiger partial charge in [-0.05, 0) is 24.6 Å². The lowest BCUT2D eigenvalue weighted by molar-refractivity contribution is -0.137. The van der Waals surface area contributed by atoms with E-state index in [1.54, 1.807) is 37.3 Å². The van der Waals surface area contributed by atoms with E-state index in [2.05, 4.69) is 10.2 Å². The van der Waals surface area contributed by atoms with E-state index >= 15 is 0 Å². The number of nitrogens with one attached hydrogen (secondary N) is 1. The number of rotatable bonds is 5. The van der Waals surface area contributed by atoms with Crippen LogP contribution in [-0.4, -0.2) is 33.8 Å². The summed E-state index contributed by atoms with van der Waals surface area (Å²) in [6.45, 7) is 2.09. The number of carboxylic acids is 1. The molecule has 6 nitrogen and oxygen atoms in total. The van der Waals surface area contributed by atoms with Crippen LogP contribution >= 0.6 is 0 Å². The highest BCUT2D eigenvalue weighted by Crippen LogP contribution is 2.18. The minimum atomic E-state index is -1.05. The summed E-state index contributed by atoms with van der Waals surface area (Å²) in [5.74, 6) is -1.44. The Morgan fingerprint density at radius 1 is 1.33 bits per heavy atom. The molecule has 2 N–H and O–H groups in total. The number of aromatic amines is 1. The number of carbonyl (C=O) groups excluding carboxylic acids is 1. The number of carbonyl (C=O) groups is 2. The molecule has 0 saturated heterocycles. The van der Waals surface area contributed by atoms with Crippen molar-refractivity contribution in [2.75, 3.05) is 6.61 Å². The third-order valence-corrected chi connectivity index (χ3v) is 2.71. The van der Waals surface area contributed by atoms with Gasteiger partial charge in [-0.15, -0.1) is 0 Å². The first-order valence-electron chi connectivity index (χ1n) is 6.34. The topological polar surface area (TPSA) is 92.3 Å². The molecule has 2 rings (SSSR count). The lowest BCUT2D eigenvalue weighted by Crippen LogP contribution is -1.98. The van der Waals surface area contributed by atoms with E-state index in [9.17, 15) is 9.59 Å². The van der Waals surface area contributed by atoms with Gasteiger partial charge in [0, 0.05) is 11.6 Å². The van der Waals surface area contributed by atoms with Crippen molar-refractivity contribution < 1.29 is 19.4 Å². The summed E-state index contributed by atoms with van der Waals surface area (Å²) in [6.07, 6.45) is 3.00. The van der Waals surface area contributed by atoms with E-state index in [0.717, 1.165) is 11.1 Å². The standard InChI is InChI=1S/C15H14N2O4/c1-2-21-14(18)8-5-10-3-6-11(7-4-10)12-9-13(15(19)20)17-16-12/h3-9H,2H2,1H3,(H,16,17)(H,19,20). The van der Waals surface area contributed by atoms with Crippen LogP contribution in [0, 0.1) is 0 Å². The Labute approximate surface area is 121 Å². The molecule has 0 aliphatic rings. The van der Waals surface area contributed by atoms with E-state index in [-0.39, 0.29) is 11.7 Å². The van der Waals surface area contributed by atoms with Gasteiger partial charge in [0.05, 0.1) is 12.3 Å². The molecule has 0 saturated carbocycles. The lowest BCUT2D eigenvalue weighted by atomic mass is 10.1. The normalized spacial score (nSPS) is 10.7. The van der Waals surface area contributed by atoms with E-state index in [1.165, 1.54) is 12.1 Å². The van der Waals surface area contributed by atoms with Gasteiger partial charge in [-0.25, -0.2) is 9.59 Å². The molecule has 0 radical (unpaired) electrons. The molecule has 21 heavy (non-hydrogen) atoms. The fraction of sp³-hybridized carbons (Fsp3) is 0.133. The zero-order chi connectivity index (χ0) is 15.2. The minimum absolute atomic E-state index is 0.0382. The largest absolute Gasteiger partial charge is 0.477 e. The Morgan fingerprint density at radius 3 is 2.62 bits per heavy atom. The van der Waals surface area contributed by atoms with Crippen molar-refractivity contribution in [2.24, 2.45) is 0 Å². The molecule has 1 aromatic heterocycles. The average molecular weight is 286 g/mol. The molecule has 0 atom stereocenters. The number of benzene rings is 1. The summed E-state index contributed by atoms with van der Waals surface area (Å²) >= 11 is 0. The Kier molecular flexibility index (Phi) is 4.50. The summed E-state index contributed by atoms with van der Waals surface area (Å²) in [4.78, 5) is 22.0. The van der Waals surface area contributed by atoms with E-state index in [1.807, 2.05) is 0 Å². The van der Waals surface area contributed by atoms with Gasteiger partial charge >= 0.3 is 11.9 Å². The summed E-state index contributed by atoms with van der Waals surface area (Å²) in [6, 6.07) is 8.67. The van der Waals surface area contributed by atoms with Crippen LogP contribution in [0.5, 0.6) is 0 Å². The first-order chi connectivity index (χ1) is 10.1. The second-order valence-corrected chi connectivity index (χ2v) is 4.18. The van der Waals surface area contributed by atoms with Gasteiger partial charge in [0.1, 0.15) is 5.69 Å². The highest BCUT2D eigenvalue weighted by Gasteiger charge is 2.08. The molecule has 0 amide bonds. The van der Waals surface area contributed by atoms with Gasteiger partial charge in [-0.2, -0.15) is 5.10 Å². The maximum Gasteiger partial charge on any atom is 0.353 e. The smallest absolute Gasteiger partial charge is 0.353 e. The molecule has 0 fully saturated rings. The van der Waals surface area contributed by atoms with Crippen molar-refractivity contribution in [1.82, 2.24) is 10.2 Å². The molecule has 0 aliphatic heterocycles. The zero-order valence-corrected chi connectivity index (χ0v) is 11.4. The summed E-state index contributed by atoms with van der Waals surface area (Å²) < 4.78 is 4.79. The molecular weight excluding hydrogens is 272 g/mol. The molecule has 2 aromatic rings. The van der Waals surface area contributed by atoms with Gasteiger partial charge in [0.2, 0.25) is 0 Å². The number of aromatic nitrogens is 2. The van der Waals surface area contributed by atoms with Crippen LogP contribution in [0.2, 0.25) is 0 Å². The molecular formula is C15H14N2O4. The first kappa shape index (κ1) is 14.5. The Morgan fingerprint density at radius 2 is 2.05 bits per heavy atom. The third-order valence-electron chi connectivity index (χ3n) is 2.71. The fourth-order valence-electron chi connectivity index (χ4n) is 1.70. The summed E-state index contributed by atoms with van der Waals surface area (Å²) in [5.41, 5.74) is 2.21. The van der Waals surface area contributed by atoms with E-state index < -0.39 is 5.97 Å². The first-order valence-corrected chi connectivity index (χ1v) is 6.34. The van der Waals surface area contributed by atoms with Crippen molar-refractivity contribution in [3.63, 3.8) is 0 Å². The predicted octanol–water partition coefficient (Wildman–Crippen LogP) is 2.35. The highest BCUT2D eigenvalue weighted by atomic mass is 16.5.